The molecule has 0 bridgehead atoms. The summed E-state index contributed by atoms with van der Waals surface area (Å²) in [6.45, 7) is 2.25. The van der Waals surface area contributed by atoms with Crippen LogP contribution in [-0.2, 0) is 0 Å². The second-order valence-electron chi connectivity index (χ2n) is 4.46. The normalized spacial score (nSPS) is 14.1. The van der Waals surface area contributed by atoms with Gasteiger partial charge in [0.2, 0.25) is 0 Å². The number of rotatable bonds is 5. The molecule has 2 unspecified atom stereocenters. The molecule has 0 heterocycles. The number of halogens is 2. The maximum atomic E-state index is 2.58. The Labute approximate surface area is 143 Å². The molecule has 19 heavy (non-hydrogen) atoms. The van der Waals surface area contributed by atoms with Crippen LogP contribution in [0.2, 0.25) is 0 Å². The molecule has 0 amide bonds. The fraction of sp³-hybridized carbons (Fsp3) is 0.250. The van der Waals surface area contributed by atoms with Crippen molar-refractivity contribution in [1.82, 2.24) is 0 Å². The van der Waals surface area contributed by atoms with Gasteiger partial charge in [0.1, 0.15) is 0 Å². The first kappa shape index (κ1) is 15.7. The highest BCUT2D eigenvalue weighted by Gasteiger charge is 2.11. The van der Waals surface area contributed by atoms with Crippen LogP contribution in [0.15, 0.2) is 54.6 Å². The summed E-state index contributed by atoms with van der Waals surface area (Å²) < 4.78 is 0.647. The Morgan fingerprint density at radius 2 is 1.53 bits per heavy atom. The van der Waals surface area contributed by atoms with Crippen molar-refractivity contribution in [3.05, 3.63) is 60.2 Å². The second-order valence-corrected chi connectivity index (χ2v) is 10.5. The lowest BCUT2D eigenvalue weighted by Gasteiger charge is -2.13. The maximum Gasteiger partial charge on any atom is 0.0359 e. The zero-order valence-electron chi connectivity index (χ0n) is 10.9. The van der Waals surface area contributed by atoms with Gasteiger partial charge < -0.3 is 0 Å². The maximum absolute atomic E-state index is 2.58. The minimum absolute atomic E-state index is 0.243. The predicted molar refractivity (Wildman–Crippen MR) is 105 cm³/mol. The summed E-state index contributed by atoms with van der Waals surface area (Å²) in [6, 6.07) is 20.0. The standard InChI is InChI=1S/C16H17I2P/c1-2-6-16(17)13-9-11-15(12-10-13)19(18)14-7-4-3-5-8-14/h3-5,7-12,16H,2,6H2,1H3. The highest BCUT2D eigenvalue weighted by atomic mass is 127. The summed E-state index contributed by atoms with van der Waals surface area (Å²) in [5.74, 6) is 0. The minimum atomic E-state index is -0.243. The Balaban J connectivity index is 2.14. The molecule has 2 rings (SSSR count). The van der Waals surface area contributed by atoms with Crippen LogP contribution in [0.5, 0.6) is 0 Å². The Hall–Kier alpha value is 0.330. The van der Waals surface area contributed by atoms with Crippen LogP contribution in [0.3, 0.4) is 0 Å². The van der Waals surface area contributed by atoms with Crippen molar-refractivity contribution in [1.29, 1.82) is 0 Å². The van der Waals surface area contributed by atoms with Gasteiger partial charge in [0, 0.05) is 9.49 Å². The monoisotopic (exact) mass is 494 g/mol. The molecule has 0 spiro atoms. The van der Waals surface area contributed by atoms with Crippen molar-refractivity contribution in [2.45, 2.75) is 23.7 Å². The van der Waals surface area contributed by atoms with Gasteiger partial charge in [0.05, 0.1) is 0 Å². The number of benzene rings is 2. The van der Waals surface area contributed by atoms with E-state index in [0.717, 1.165) is 0 Å². The van der Waals surface area contributed by atoms with Crippen LogP contribution in [0.25, 0.3) is 0 Å². The van der Waals surface area contributed by atoms with E-state index in [2.05, 4.69) is 106 Å². The Morgan fingerprint density at radius 1 is 0.947 bits per heavy atom. The molecule has 0 aliphatic rings. The lowest BCUT2D eigenvalue weighted by Crippen LogP contribution is -2.07. The van der Waals surface area contributed by atoms with E-state index in [4.69, 9.17) is 0 Å². The van der Waals surface area contributed by atoms with Crippen molar-refractivity contribution in [3.63, 3.8) is 0 Å². The third-order valence-corrected chi connectivity index (χ3v) is 9.19. The largest absolute Gasteiger partial charge is 0.0774 e. The van der Waals surface area contributed by atoms with Crippen LogP contribution in [0.1, 0.15) is 29.3 Å². The number of hydrogen-bond acceptors (Lipinski definition) is 0. The fourth-order valence-electron chi connectivity index (χ4n) is 1.94. The van der Waals surface area contributed by atoms with E-state index < -0.39 is 0 Å². The van der Waals surface area contributed by atoms with Crippen LogP contribution in [-0.4, -0.2) is 0 Å². The molecule has 2 aromatic rings. The van der Waals surface area contributed by atoms with Crippen molar-refractivity contribution in [2.24, 2.45) is 0 Å². The highest BCUT2D eigenvalue weighted by Crippen LogP contribution is 2.42. The minimum Gasteiger partial charge on any atom is -0.0774 e. The Kier molecular flexibility index (Phi) is 6.57. The van der Waals surface area contributed by atoms with Crippen molar-refractivity contribution in [3.8, 4) is 0 Å². The molecule has 0 saturated heterocycles. The molecule has 0 nitrogen and oxygen atoms in total. The fourth-order valence-corrected chi connectivity index (χ4v) is 6.05. The molecule has 0 N–H and O–H groups in total. The van der Waals surface area contributed by atoms with Crippen molar-refractivity contribution >= 4 is 60.8 Å². The van der Waals surface area contributed by atoms with Gasteiger partial charge in [-0.25, -0.2) is 0 Å². The lowest BCUT2D eigenvalue weighted by atomic mass is 10.1. The van der Waals surface area contributed by atoms with E-state index in [1.807, 2.05) is 0 Å². The molecule has 0 aliphatic heterocycles. The van der Waals surface area contributed by atoms with Gasteiger partial charge in [-0.1, -0.05) is 90.5 Å². The van der Waals surface area contributed by atoms with E-state index in [-0.39, 0.29) is 5.56 Å². The third-order valence-electron chi connectivity index (χ3n) is 3.01. The van der Waals surface area contributed by atoms with Gasteiger partial charge in [-0.15, -0.1) is 0 Å². The number of alkyl halides is 1. The predicted octanol–water partition coefficient (Wildman–Crippen LogP) is 5.75. The molecule has 0 saturated carbocycles. The molecule has 100 valence electrons. The van der Waals surface area contributed by atoms with E-state index in [0.29, 0.717) is 3.92 Å². The molecule has 0 radical (unpaired) electrons. The summed E-state index contributed by atoms with van der Waals surface area (Å²) in [6.07, 6.45) is 2.51. The Morgan fingerprint density at radius 3 is 2.11 bits per heavy atom. The molecule has 3 heteroatoms. The van der Waals surface area contributed by atoms with Gasteiger partial charge in [0.25, 0.3) is 0 Å². The van der Waals surface area contributed by atoms with Gasteiger partial charge in [-0.2, -0.15) is 0 Å². The summed E-state index contributed by atoms with van der Waals surface area (Å²) >= 11 is 5.13. The summed E-state index contributed by atoms with van der Waals surface area (Å²) in [7, 11) is 0. The van der Waals surface area contributed by atoms with Crippen LogP contribution in [0.4, 0.5) is 0 Å². The summed E-state index contributed by atoms with van der Waals surface area (Å²) in [5, 5.41) is 2.89. The van der Waals surface area contributed by atoms with Crippen LogP contribution < -0.4 is 10.6 Å². The first-order chi connectivity index (χ1) is 9.22. The highest BCUT2D eigenvalue weighted by molar-refractivity contribution is 14.2. The first-order valence-electron chi connectivity index (χ1n) is 6.47. The van der Waals surface area contributed by atoms with Crippen LogP contribution in [0, 0.1) is 0 Å². The second kappa shape index (κ2) is 7.94. The van der Waals surface area contributed by atoms with Gasteiger partial charge in [0.15, 0.2) is 0 Å². The molecule has 0 aliphatic carbocycles. The van der Waals surface area contributed by atoms with Gasteiger partial charge >= 0.3 is 0 Å². The van der Waals surface area contributed by atoms with E-state index in [9.17, 15) is 0 Å². The third kappa shape index (κ3) is 4.40. The molecular formula is C16H17I2P. The quantitative estimate of drug-likeness (QED) is 0.283. The lowest BCUT2D eigenvalue weighted by molar-refractivity contribution is 0.799. The Bertz CT molecular complexity index is 496. The zero-order valence-corrected chi connectivity index (χ0v) is 16.1. The van der Waals surface area contributed by atoms with E-state index in [1.165, 1.54) is 29.0 Å². The van der Waals surface area contributed by atoms with Crippen molar-refractivity contribution < 1.29 is 0 Å². The topological polar surface area (TPSA) is 0 Å². The SMILES string of the molecule is CCCC(I)c1ccc(P(I)c2ccccc2)cc1. The van der Waals surface area contributed by atoms with Gasteiger partial charge in [-0.05, 0) is 44.6 Å². The van der Waals surface area contributed by atoms with Crippen molar-refractivity contribution in [2.75, 3.05) is 0 Å². The summed E-state index contributed by atoms with van der Waals surface area (Å²) in [5.41, 5.74) is 1.21. The molecular weight excluding hydrogens is 477 g/mol. The molecule has 2 aromatic carbocycles. The van der Waals surface area contributed by atoms with E-state index in [1.54, 1.807) is 0 Å². The van der Waals surface area contributed by atoms with E-state index >= 15 is 0 Å². The summed E-state index contributed by atoms with van der Waals surface area (Å²) in [4.78, 5) is 0. The smallest absolute Gasteiger partial charge is 0.0359 e. The average molecular weight is 494 g/mol. The van der Waals surface area contributed by atoms with Gasteiger partial charge in [-0.3, -0.25) is 0 Å². The zero-order chi connectivity index (χ0) is 13.7. The first-order valence-corrected chi connectivity index (χ1v) is 11.8. The van der Waals surface area contributed by atoms with Crippen LogP contribution >= 0.6 is 50.2 Å². The average Bonchev–Trinajstić information content (AvgIpc) is 2.48. The molecule has 0 fully saturated rings. The number of hydrogen-bond donors (Lipinski definition) is 0. The molecule has 2 atom stereocenters. The molecule has 0 aromatic heterocycles.